The van der Waals surface area contributed by atoms with Gasteiger partial charge >= 0.3 is 6.03 Å². The Morgan fingerprint density at radius 3 is 2.65 bits per heavy atom. The van der Waals surface area contributed by atoms with E-state index in [1.807, 2.05) is 62.4 Å². The Balaban J connectivity index is 1.42. The smallest absolute Gasteiger partial charge is 0.321 e. The van der Waals surface area contributed by atoms with Crippen LogP contribution in [0.15, 0.2) is 48.5 Å². The summed E-state index contributed by atoms with van der Waals surface area (Å²) in [5.74, 6) is 0.986. The fourth-order valence-corrected chi connectivity index (χ4v) is 3.70. The summed E-state index contributed by atoms with van der Waals surface area (Å²) >= 11 is 0. The molecule has 2 heterocycles. The number of hydrogen-bond donors (Lipinski definition) is 3. The summed E-state index contributed by atoms with van der Waals surface area (Å²) in [7, 11) is 0. The number of amides is 3. The van der Waals surface area contributed by atoms with Crippen LogP contribution in [0.4, 0.5) is 16.2 Å². The Morgan fingerprint density at radius 1 is 1.10 bits per heavy atom. The van der Waals surface area contributed by atoms with Crippen molar-refractivity contribution in [3.05, 3.63) is 59.9 Å². The van der Waals surface area contributed by atoms with Crippen molar-refractivity contribution in [1.82, 2.24) is 20.1 Å². The molecule has 0 spiro atoms. The molecule has 3 N–H and O–H groups in total. The number of likely N-dealkylation sites (tertiary alicyclic amines) is 1. The number of urea groups is 1. The molecular formula is C23H26N6O2. The lowest BCUT2D eigenvalue weighted by Crippen LogP contribution is -2.45. The number of nitrogens with one attached hydrogen (secondary N) is 3. The van der Waals surface area contributed by atoms with Gasteiger partial charge in [-0.15, -0.1) is 0 Å². The van der Waals surface area contributed by atoms with Gasteiger partial charge in [-0.25, -0.2) is 9.78 Å². The Labute approximate surface area is 181 Å². The van der Waals surface area contributed by atoms with Gasteiger partial charge in [0, 0.05) is 30.0 Å². The molecule has 1 fully saturated rings. The van der Waals surface area contributed by atoms with E-state index in [9.17, 15) is 9.59 Å². The summed E-state index contributed by atoms with van der Waals surface area (Å²) in [4.78, 5) is 31.7. The third kappa shape index (κ3) is 4.91. The Hall–Kier alpha value is -3.68. The molecule has 3 aromatic rings. The molecule has 0 radical (unpaired) electrons. The number of nitrogens with zero attached hydrogens (tertiary/aromatic N) is 3. The topological polar surface area (TPSA) is 103 Å². The second-order valence-corrected chi connectivity index (χ2v) is 7.84. The quantitative estimate of drug-likeness (QED) is 0.596. The molecule has 1 unspecified atom stereocenters. The number of benzene rings is 2. The average molecular weight is 419 g/mol. The van der Waals surface area contributed by atoms with E-state index in [2.05, 4.69) is 25.8 Å². The number of para-hydroxylation sites is 1. The molecule has 3 amide bonds. The van der Waals surface area contributed by atoms with Crippen molar-refractivity contribution in [2.75, 3.05) is 23.7 Å². The first-order valence-electron chi connectivity index (χ1n) is 10.4. The van der Waals surface area contributed by atoms with Crippen LogP contribution in [0.1, 0.15) is 24.2 Å². The van der Waals surface area contributed by atoms with Gasteiger partial charge in [-0.05, 0) is 50.5 Å². The first-order valence-corrected chi connectivity index (χ1v) is 10.4. The molecule has 31 heavy (non-hydrogen) atoms. The normalized spacial score (nSPS) is 16.1. The summed E-state index contributed by atoms with van der Waals surface area (Å²) in [6.45, 7) is 4.82. The van der Waals surface area contributed by atoms with E-state index in [0.717, 1.165) is 41.2 Å². The second kappa shape index (κ2) is 8.99. The first kappa shape index (κ1) is 20.6. The highest BCUT2D eigenvalue weighted by molar-refractivity contribution is 5.95. The highest BCUT2D eigenvalue weighted by Crippen LogP contribution is 2.25. The predicted octanol–water partition coefficient (Wildman–Crippen LogP) is 3.97. The van der Waals surface area contributed by atoms with Crippen LogP contribution < -0.4 is 10.6 Å². The van der Waals surface area contributed by atoms with E-state index in [1.165, 1.54) is 0 Å². The van der Waals surface area contributed by atoms with E-state index >= 15 is 0 Å². The highest BCUT2D eigenvalue weighted by atomic mass is 16.2. The number of piperidine rings is 1. The molecular weight excluding hydrogens is 392 g/mol. The van der Waals surface area contributed by atoms with Crippen molar-refractivity contribution in [3.8, 4) is 11.4 Å². The monoisotopic (exact) mass is 418 g/mol. The van der Waals surface area contributed by atoms with Gasteiger partial charge in [-0.3, -0.25) is 9.89 Å². The third-order valence-electron chi connectivity index (χ3n) is 5.46. The summed E-state index contributed by atoms with van der Waals surface area (Å²) in [6.07, 6.45) is 1.54. The molecule has 1 aliphatic rings. The van der Waals surface area contributed by atoms with E-state index in [-0.39, 0.29) is 17.9 Å². The molecule has 1 saturated heterocycles. The zero-order valence-corrected chi connectivity index (χ0v) is 17.7. The van der Waals surface area contributed by atoms with E-state index < -0.39 is 0 Å². The lowest BCUT2D eigenvalue weighted by molar-refractivity contribution is -0.121. The van der Waals surface area contributed by atoms with Gasteiger partial charge in [0.1, 0.15) is 5.82 Å². The molecule has 1 atom stereocenters. The lowest BCUT2D eigenvalue weighted by atomic mass is 9.97. The number of carbonyl (C=O) groups excluding carboxylic acids is 2. The largest absolute Gasteiger partial charge is 0.326 e. The van der Waals surface area contributed by atoms with Crippen LogP contribution in [0.5, 0.6) is 0 Å². The molecule has 0 aliphatic carbocycles. The minimum Gasteiger partial charge on any atom is -0.326 e. The Bertz CT molecular complexity index is 1080. The number of aromatic nitrogens is 3. The fourth-order valence-electron chi connectivity index (χ4n) is 3.70. The van der Waals surface area contributed by atoms with Crippen molar-refractivity contribution >= 4 is 23.3 Å². The molecule has 1 aliphatic heterocycles. The van der Waals surface area contributed by atoms with Crippen LogP contribution in [0.25, 0.3) is 11.4 Å². The first-order chi connectivity index (χ1) is 15.0. The zero-order valence-electron chi connectivity index (χ0n) is 17.7. The van der Waals surface area contributed by atoms with Crippen molar-refractivity contribution in [3.63, 3.8) is 0 Å². The fraction of sp³-hybridized carbons (Fsp3) is 0.304. The van der Waals surface area contributed by atoms with Gasteiger partial charge in [0.25, 0.3) is 0 Å². The van der Waals surface area contributed by atoms with Crippen LogP contribution in [0.2, 0.25) is 0 Å². The maximum Gasteiger partial charge on any atom is 0.321 e. The Morgan fingerprint density at radius 2 is 1.90 bits per heavy atom. The molecule has 4 rings (SSSR count). The van der Waals surface area contributed by atoms with E-state index in [4.69, 9.17) is 0 Å². The van der Waals surface area contributed by atoms with Gasteiger partial charge in [0.2, 0.25) is 5.91 Å². The van der Waals surface area contributed by atoms with Crippen LogP contribution in [-0.4, -0.2) is 45.1 Å². The third-order valence-corrected chi connectivity index (χ3v) is 5.46. The molecule has 0 bridgehead atoms. The van der Waals surface area contributed by atoms with Crippen molar-refractivity contribution in [1.29, 1.82) is 0 Å². The maximum atomic E-state index is 13.0. The molecule has 8 nitrogen and oxygen atoms in total. The SMILES string of the molecule is Cc1nc(-c2ccc(C)c(NC(=O)C3CCCN(C(=O)Nc4ccccc4)C3)c2)n[nH]1. The maximum absolute atomic E-state index is 13.0. The minimum atomic E-state index is -0.260. The van der Waals surface area contributed by atoms with Crippen molar-refractivity contribution in [2.24, 2.45) is 5.92 Å². The number of anilines is 2. The molecule has 160 valence electrons. The number of H-pyrrole nitrogens is 1. The number of carbonyl (C=O) groups is 2. The minimum absolute atomic E-state index is 0.0800. The van der Waals surface area contributed by atoms with Gasteiger partial charge in [-0.1, -0.05) is 30.3 Å². The Kier molecular flexibility index (Phi) is 5.97. The molecule has 0 saturated carbocycles. The van der Waals surface area contributed by atoms with E-state index in [0.29, 0.717) is 18.9 Å². The zero-order chi connectivity index (χ0) is 21.8. The average Bonchev–Trinajstić information content (AvgIpc) is 3.22. The van der Waals surface area contributed by atoms with Crippen molar-refractivity contribution in [2.45, 2.75) is 26.7 Å². The second-order valence-electron chi connectivity index (χ2n) is 7.84. The molecule has 1 aromatic heterocycles. The predicted molar refractivity (Wildman–Crippen MR) is 120 cm³/mol. The summed E-state index contributed by atoms with van der Waals surface area (Å²) in [5, 5.41) is 13.0. The summed E-state index contributed by atoms with van der Waals surface area (Å²) in [6, 6.07) is 14.9. The van der Waals surface area contributed by atoms with E-state index in [1.54, 1.807) is 4.90 Å². The molecule has 2 aromatic carbocycles. The molecule has 8 heteroatoms. The summed E-state index contributed by atoms with van der Waals surface area (Å²) in [5.41, 5.74) is 3.26. The van der Waals surface area contributed by atoms with Crippen molar-refractivity contribution < 1.29 is 9.59 Å². The van der Waals surface area contributed by atoms with Crippen LogP contribution in [0.3, 0.4) is 0 Å². The number of hydrogen-bond acceptors (Lipinski definition) is 4. The van der Waals surface area contributed by atoms with Gasteiger partial charge < -0.3 is 15.5 Å². The summed E-state index contributed by atoms with van der Waals surface area (Å²) < 4.78 is 0. The number of aryl methyl sites for hydroxylation is 2. The van der Waals surface area contributed by atoms with Gasteiger partial charge in [0.05, 0.1) is 5.92 Å². The van der Waals surface area contributed by atoms with Crippen LogP contribution >= 0.6 is 0 Å². The van der Waals surface area contributed by atoms with Gasteiger partial charge in [-0.2, -0.15) is 5.10 Å². The highest BCUT2D eigenvalue weighted by Gasteiger charge is 2.29. The van der Waals surface area contributed by atoms with Gasteiger partial charge in [0.15, 0.2) is 5.82 Å². The number of aromatic amines is 1. The lowest BCUT2D eigenvalue weighted by Gasteiger charge is -2.32. The number of rotatable bonds is 4. The van der Waals surface area contributed by atoms with Crippen LogP contribution in [0, 0.1) is 19.8 Å². The standard InChI is InChI=1S/C23H26N6O2/c1-15-10-11-17(21-24-16(2)27-28-21)13-20(15)26-22(30)18-7-6-12-29(14-18)23(31)25-19-8-4-3-5-9-19/h3-5,8-11,13,18H,6-7,12,14H2,1-2H3,(H,25,31)(H,26,30)(H,24,27,28). The van der Waals surface area contributed by atoms with Crippen LogP contribution in [-0.2, 0) is 4.79 Å².